The van der Waals surface area contributed by atoms with Crippen molar-refractivity contribution >= 4 is 11.6 Å². The van der Waals surface area contributed by atoms with Gasteiger partial charge in [0.2, 0.25) is 0 Å². The quantitative estimate of drug-likeness (QED) is 0.822. The highest BCUT2D eigenvalue weighted by molar-refractivity contribution is 6.30. The summed E-state index contributed by atoms with van der Waals surface area (Å²) in [6.45, 7) is 9.97. The van der Waals surface area contributed by atoms with E-state index < -0.39 is 0 Å². The minimum absolute atomic E-state index is 0.276. The molecule has 0 aliphatic rings. The van der Waals surface area contributed by atoms with Gasteiger partial charge in [0.1, 0.15) is 0 Å². The summed E-state index contributed by atoms with van der Waals surface area (Å²) in [5.74, 6) is 0. The van der Waals surface area contributed by atoms with Crippen molar-refractivity contribution in [1.82, 2.24) is 5.32 Å². The van der Waals surface area contributed by atoms with E-state index in [2.05, 4.69) is 45.1 Å². The first-order valence-electron chi connectivity index (χ1n) is 5.87. The van der Waals surface area contributed by atoms with E-state index in [1.165, 1.54) is 5.56 Å². The highest BCUT2D eigenvalue weighted by Gasteiger charge is 2.18. The van der Waals surface area contributed by atoms with Crippen molar-refractivity contribution in [2.24, 2.45) is 5.41 Å². The molecule has 0 aliphatic heterocycles. The number of nitrogens with one attached hydrogen (secondary N) is 1. The van der Waals surface area contributed by atoms with Crippen LogP contribution in [0.2, 0.25) is 5.02 Å². The molecule has 0 unspecified atom stereocenters. The van der Waals surface area contributed by atoms with Crippen LogP contribution >= 0.6 is 11.6 Å². The SMILES string of the molecule is CC(C)NCC(C)(C)Cc1ccc(Cl)cc1. The third kappa shape index (κ3) is 5.00. The lowest BCUT2D eigenvalue weighted by atomic mass is 9.85. The van der Waals surface area contributed by atoms with Crippen molar-refractivity contribution in [2.75, 3.05) is 6.54 Å². The fraction of sp³-hybridized carbons (Fsp3) is 0.571. The van der Waals surface area contributed by atoms with Gasteiger partial charge in [-0.15, -0.1) is 0 Å². The standard InChI is InChI=1S/C14H22ClN/c1-11(2)16-10-14(3,4)9-12-5-7-13(15)8-6-12/h5-8,11,16H,9-10H2,1-4H3. The highest BCUT2D eigenvalue weighted by Crippen LogP contribution is 2.22. The summed E-state index contributed by atoms with van der Waals surface area (Å²) in [4.78, 5) is 0. The Balaban J connectivity index is 2.54. The van der Waals surface area contributed by atoms with Gasteiger partial charge in [0.05, 0.1) is 0 Å². The molecule has 0 radical (unpaired) electrons. The monoisotopic (exact) mass is 239 g/mol. The lowest BCUT2D eigenvalue weighted by Gasteiger charge is -2.26. The maximum atomic E-state index is 5.87. The minimum Gasteiger partial charge on any atom is -0.314 e. The van der Waals surface area contributed by atoms with Gasteiger partial charge < -0.3 is 5.32 Å². The van der Waals surface area contributed by atoms with E-state index in [0.29, 0.717) is 6.04 Å². The Morgan fingerprint density at radius 3 is 2.25 bits per heavy atom. The molecular weight excluding hydrogens is 218 g/mol. The summed E-state index contributed by atoms with van der Waals surface area (Å²) in [6, 6.07) is 8.69. The van der Waals surface area contributed by atoms with Crippen molar-refractivity contribution in [2.45, 2.75) is 40.2 Å². The third-order valence-corrected chi connectivity index (χ3v) is 2.84. The molecule has 0 amide bonds. The maximum Gasteiger partial charge on any atom is 0.0406 e. The molecule has 2 heteroatoms. The molecule has 0 bridgehead atoms. The summed E-state index contributed by atoms with van der Waals surface area (Å²) in [5.41, 5.74) is 1.62. The van der Waals surface area contributed by atoms with Gasteiger partial charge >= 0.3 is 0 Å². The van der Waals surface area contributed by atoms with Crippen LogP contribution in [-0.4, -0.2) is 12.6 Å². The Morgan fingerprint density at radius 2 is 1.75 bits per heavy atom. The Hall–Kier alpha value is -0.530. The fourth-order valence-corrected chi connectivity index (χ4v) is 1.82. The number of rotatable bonds is 5. The second-order valence-electron chi connectivity index (χ2n) is 5.50. The Labute approximate surface area is 104 Å². The van der Waals surface area contributed by atoms with Crippen LogP contribution in [0.15, 0.2) is 24.3 Å². The average molecular weight is 240 g/mol. The van der Waals surface area contributed by atoms with E-state index in [1.807, 2.05) is 12.1 Å². The summed E-state index contributed by atoms with van der Waals surface area (Å²) < 4.78 is 0. The van der Waals surface area contributed by atoms with E-state index in [4.69, 9.17) is 11.6 Å². The van der Waals surface area contributed by atoms with E-state index in [1.54, 1.807) is 0 Å². The van der Waals surface area contributed by atoms with Crippen molar-refractivity contribution in [1.29, 1.82) is 0 Å². The van der Waals surface area contributed by atoms with Crippen molar-refractivity contribution in [3.8, 4) is 0 Å². The summed E-state index contributed by atoms with van der Waals surface area (Å²) in [6.07, 6.45) is 1.07. The molecule has 0 aliphatic carbocycles. The summed E-state index contributed by atoms with van der Waals surface area (Å²) >= 11 is 5.87. The topological polar surface area (TPSA) is 12.0 Å². The molecule has 0 atom stereocenters. The Bertz CT molecular complexity index is 314. The van der Waals surface area contributed by atoms with Crippen LogP contribution in [-0.2, 0) is 6.42 Å². The zero-order valence-corrected chi connectivity index (χ0v) is 11.4. The summed E-state index contributed by atoms with van der Waals surface area (Å²) in [7, 11) is 0. The fourth-order valence-electron chi connectivity index (χ4n) is 1.70. The molecular formula is C14H22ClN. The second-order valence-corrected chi connectivity index (χ2v) is 5.94. The average Bonchev–Trinajstić information content (AvgIpc) is 2.19. The van der Waals surface area contributed by atoms with Crippen LogP contribution in [0.5, 0.6) is 0 Å². The predicted octanol–water partition coefficient (Wildman–Crippen LogP) is 3.91. The molecule has 1 aromatic rings. The van der Waals surface area contributed by atoms with Gasteiger partial charge in [-0.25, -0.2) is 0 Å². The van der Waals surface area contributed by atoms with Crippen molar-refractivity contribution in [3.05, 3.63) is 34.9 Å². The van der Waals surface area contributed by atoms with Crippen LogP contribution in [0.1, 0.15) is 33.3 Å². The van der Waals surface area contributed by atoms with Gasteiger partial charge in [-0.2, -0.15) is 0 Å². The molecule has 0 spiro atoms. The lowest BCUT2D eigenvalue weighted by Crippen LogP contribution is -2.35. The third-order valence-electron chi connectivity index (χ3n) is 2.58. The highest BCUT2D eigenvalue weighted by atomic mass is 35.5. The second kappa shape index (κ2) is 5.70. The first-order valence-corrected chi connectivity index (χ1v) is 6.25. The van der Waals surface area contributed by atoms with Gasteiger partial charge in [0.15, 0.2) is 0 Å². The van der Waals surface area contributed by atoms with E-state index in [0.717, 1.165) is 18.0 Å². The predicted molar refractivity (Wildman–Crippen MR) is 72.1 cm³/mol. The number of hydrogen-bond donors (Lipinski definition) is 1. The van der Waals surface area contributed by atoms with Crippen LogP contribution in [0.4, 0.5) is 0 Å². The number of halogens is 1. The molecule has 0 aromatic heterocycles. The molecule has 16 heavy (non-hydrogen) atoms. The zero-order chi connectivity index (χ0) is 12.2. The normalized spacial score (nSPS) is 12.1. The van der Waals surface area contributed by atoms with Crippen LogP contribution < -0.4 is 5.32 Å². The van der Waals surface area contributed by atoms with Gasteiger partial charge in [-0.05, 0) is 29.5 Å². The first-order chi connectivity index (χ1) is 7.39. The molecule has 1 N–H and O–H groups in total. The number of hydrogen-bond acceptors (Lipinski definition) is 1. The molecule has 0 heterocycles. The minimum atomic E-state index is 0.276. The largest absolute Gasteiger partial charge is 0.314 e. The van der Waals surface area contributed by atoms with Crippen molar-refractivity contribution in [3.63, 3.8) is 0 Å². The van der Waals surface area contributed by atoms with Gasteiger partial charge in [-0.3, -0.25) is 0 Å². The van der Waals surface area contributed by atoms with Gasteiger partial charge in [0.25, 0.3) is 0 Å². The van der Waals surface area contributed by atoms with Crippen molar-refractivity contribution < 1.29 is 0 Å². The maximum absolute atomic E-state index is 5.87. The Morgan fingerprint density at radius 1 is 1.19 bits per heavy atom. The molecule has 1 rings (SSSR count). The molecule has 90 valence electrons. The number of benzene rings is 1. The van der Waals surface area contributed by atoms with Crippen LogP contribution in [0.3, 0.4) is 0 Å². The van der Waals surface area contributed by atoms with Gasteiger partial charge in [-0.1, -0.05) is 51.4 Å². The molecule has 1 nitrogen and oxygen atoms in total. The molecule has 0 saturated heterocycles. The van der Waals surface area contributed by atoms with E-state index in [-0.39, 0.29) is 5.41 Å². The lowest BCUT2D eigenvalue weighted by molar-refractivity contribution is 0.326. The first kappa shape index (κ1) is 13.5. The smallest absolute Gasteiger partial charge is 0.0406 e. The van der Waals surface area contributed by atoms with Crippen LogP contribution in [0, 0.1) is 5.41 Å². The van der Waals surface area contributed by atoms with E-state index >= 15 is 0 Å². The summed E-state index contributed by atoms with van der Waals surface area (Å²) in [5, 5.41) is 4.30. The van der Waals surface area contributed by atoms with Crippen LogP contribution in [0.25, 0.3) is 0 Å². The van der Waals surface area contributed by atoms with Gasteiger partial charge in [0, 0.05) is 17.6 Å². The Kier molecular flexibility index (Phi) is 4.82. The van der Waals surface area contributed by atoms with E-state index in [9.17, 15) is 0 Å². The molecule has 1 aromatic carbocycles. The zero-order valence-electron chi connectivity index (χ0n) is 10.7. The molecule has 0 saturated carbocycles. The molecule has 0 fully saturated rings.